The first-order chi connectivity index (χ1) is 12.1. The third-order valence-corrected chi connectivity index (χ3v) is 3.76. The molecule has 0 aliphatic carbocycles. The van der Waals surface area contributed by atoms with Crippen molar-refractivity contribution in [2.45, 2.75) is 38.5 Å². The van der Waals surface area contributed by atoms with Crippen molar-refractivity contribution in [1.82, 2.24) is 0 Å². The lowest BCUT2D eigenvalue weighted by Gasteiger charge is -2.26. The summed E-state index contributed by atoms with van der Waals surface area (Å²) in [7, 11) is 0. The van der Waals surface area contributed by atoms with Gasteiger partial charge in [-0.1, -0.05) is 43.3 Å². The number of benzene rings is 2. The van der Waals surface area contributed by atoms with Gasteiger partial charge in [-0.25, -0.2) is 0 Å². The Hall–Kier alpha value is -2.53. The van der Waals surface area contributed by atoms with Gasteiger partial charge in [0, 0.05) is 0 Å². The molecule has 0 unspecified atom stereocenters. The van der Waals surface area contributed by atoms with Gasteiger partial charge in [0.1, 0.15) is 30.3 Å². The molecule has 0 bridgehead atoms. The van der Waals surface area contributed by atoms with Crippen LogP contribution in [0.1, 0.15) is 20.3 Å². The van der Waals surface area contributed by atoms with Crippen LogP contribution in [0.25, 0.3) is 0 Å². The van der Waals surface area contributed by atoms with E-state index in [0.717, 1.165) is 5.75 Å². The summed E-state index contributed by atoms with van der Waals surface area (Å²) in [6, 6.07) is 18.2. The first kappa shape index (κ1) is 18.8. The highest BCUT2D eigenvalue weighted by Crippen LogP contribution is 2.17. The lowest BCUT2D eigenvalue weighted by Crippen LogP contribution is -2.42. The molecule has 0 radical (unpaired) electrons. The van der Waals surface area contributed by atoms with Crippen molar-refractivity contribution >= 4 is 5.97 Å². The fraction of sp³-hybridized carbons (Fsp3) is 0.350. The molecule has 0 saturated carbocycles. The summed E-state index contributed by atoms with van der Waals surface area (Å²) in [6.07, 6.45) is -0.444. The van der Waals surface area contributed by atoms with Crippen LogP contribution in [0.2, 0.25) is 0 Å². The van der Waals surface area contributed by atoms with E-state index in [1.807, 2.05) is 67.6 Å². The van der Waals surface area contributed by atoms with Crippen LogP contribution in [0.15, 0.2) is 60.7 Å². The quantitative estimate of drug-likeness (QED) is 0.708. The number of carbonyl (C=O) groups excluding carboxylic acids is 1. The lowest BCUT2D eigenvalue weighted by atomic mass is 10.2. The molecule has 25 heavy (non-hydrogen) atoms. The standard InChI is InChI=1S/C20H25NO4/c1-3-18(21)20(22)24-15(2)19(25-17-12-8-5-9-13-17)14-23-16-10-6-4-7-11-16/h4-13,15,18-19H,3,14,21H2,1-2H3/t15-,18-,19+/m0/s1. The van der Waals surface area contributed by atoms with Crippen molar-refractivity contribution in [3.63, 3.8) is 0 Å². The molecule has 2 rings (SSSR count). The average Bonchev–Trinajstić information content (AvgIpc) is 2.65. The van der Waals surface area contributed by atoms with Crippen LogP contribution >= 0.6 is 0 Å². The molecule has 0 spiro atoms. The molecule has 0 aliphatic rings. The van der Waals surface area contributed by atoms with E-state index in [1.165, 1.54) is 0 Å². The summed E-state index contributed by atoms with van der Waals surface area (Å²) in [5.41, 5.74) is 5.74. The molecule has 5 heteroatoms. The van der Waals surface area contributed by atoms with Crippen molar-refractivity contribution in [1.29, 1.82) is 0 Å². The van der Waals surface area contributed by atoms with Crippen LogP contribution in [0.4, 0.5) is 0 Å². The van der Waals surface area contributed by atoms with Crippen LogP contribution in [0, 0.1) is 0 Å². The Morgan fingerprint density at radius 1 is 1.00 bits per heavy atom. The van der Waals surface area contributed by atoms with Gasteiger partial charge in [-0.2, -0.15) is 0 Å². The van der Waals surface area contributed by atoms with Crippen molar-refractivity contribution in [2.24, 2.45) is 5.73 Å². The number of para-hydroxylation sites is 2. The third-order valence-electron chi connectivity index (χ3n) is 3.76. The predicted molar refractivity (Wildman–Crippen MR) is 96.6 cm³/mol. The van der Waals surface area contributed by atoms with Crippen LogP contribution in [-0.2, 0) is 9.53 Å². The number of ether oxygens (including phenoxy) is 3. The molecule has 134 valence electrons. The first-order valence-corrected chi connectivity index (χ1v) is 8.45. The van der Waals surface area contributed by atoms with Crippen LogP contribution < -0.4 is 15.2 Å². The van der Waals surface area contributed by atoms with Gasteiger partial charge in [0.15, 0.2) is 6.10 Å². The first-order valence-electron chi connectivity index (χ1n) is 8.45. The molecule has 2 aromatic carbocycles. The molecule has 0 fully saturated rings. The molecule has 2 aromatic rings. The normalized spacial score (nSPS) is 14.2. The van der Waals surface area contributed by atoms with Gasteiger partial charge >= 0.3 is 5.97 Å². The summed E-state index contributed by atoms with van der Waals surface area (Å²) < 4.78 is 17.2. The number of nitrogens with two attached hydrogens (primary N) is 1. The fourth-order valence-corrected chi connectivity index (χ4v) is 2.15. The highest BCUT2D eigenvalue weighted by Gasteiger charge is 2.26. The highest BCUT2D eigenvalue weighted by molar-refractivity contribution is 5.75. The molecule has 0 amide bonds. The van der Waals surface area contributed by atoms with Crippen molar-refractivity contribution in [2.75, 3.05) is 6.61 Å². The molecular formula is C20H25NO4. The monoisotopic (exact) mass is 343 g/mol. The SMILES string of the molecule is CC[C@H](N)C(=O)O[C@@H](C)[C@@H](COc1ccccc1)Oc1ccccc1. The van der Waals surface area contributed by atoms with Crippen LogP contribution in [0.3, 0.4) is 0 Å². The summed E-state index contributed by atoms with van der Waals surface area (Å²) >= 11 is 0. The van der Waals surface area contributed by atoms with Gasteiger partial charge in [-0.05, 0) is 37.6 Å². The van der Waals surface area contributed by atoms with Gasteiger partial charge in [-0.15, -0.1) is 0 Å². The van der Waals surface area contributed by atoms with Crippen molar-refractivity contribution in [3.05, 3.63) is 60.7 Å². The second kappa shape index (κ2) is 9.69. The van der Waals surface area contributed by atoms with E-state index in [-0.39, 0.29) is 6.61 Å². The third kappa shape index (κ3) is 6.12. The number of carbonyl (C=O) groups is 1. The van der Waals surface area contributed by atoms with E-state index in [2.05, 4.69) is 0 Å². The van der Waals surface area contributed by atoms with Gasteiger partial charge < -0.3 is 19.9 Å². The Kier molecular flexibility index (Phi) is 7.29. The van der Waals surface area contributed by atoms with E-state index in [1.54, 1.807) is 6.92 Å². The van der Waals surface area contributed by atoms with E-state index in [9.17, 15) is 4.79 Å². The van der Waals surface area contributed by atoms with Gasteiger partial charge in [0.05, 0.1) is 0 Å². The maximum Gasteiger partial charge on any atom is 0.323 e. The zero-order chi connectivity index (χ0) is 18.1. The molecule has 3 atom stereocenters. The zero-order valence-corrected chi connectivity index (χ0v) is 14.6. The van der Waals surface area contributed by atoms with Gasteiger partial charge in [-0.3, -0.25) is 4.79 Å². The Labute approximate surface area is 148 Å². The van der Waals surface area contributed by atoms with Crippen LogP contribution in [0.5, 0.6) is 11.5 Å². The van der Waals surface area contributed by atoms with E-state index >= 15 is 0 Å². The number of rotatable bonds is 9. The molecule has 2 N–H and O–H groups in total. The average molecular weight is 343 g/mol. The maximum atomic E-state index is 12.0. The Morgan fingerprint density at radius 2 is 1.56 bits per heavy atom. The van der Waals surface area contributed by atoms with Gasteiger partial charge in [0.2, 0.25) is 0 Å². The molecular weight excluding hydrogens is 318 g/mol. The van der Waals surface area contributed by atoms with E-state index in [4.69, 9.17) is 19.9 Å². The van der Waals surface area contributed by atoms with Crippen molar-refractivity contribution < 1.29 is 19.0 Å². The highest BCUT2D eigenvalue weighted by atomic mass is 16.6. The zero-order valence-electron chi connectivity index (χ0n) is 14.6. The summed E-state index contributed by atoms with van der Waals surface area (Å²) in [6.45, 7) is 3.87. The van der Waals surface area contributed by atoms with E-state index in [0.29, 0.717) is 12.2 Å². The Balaban J connectivity index is 2.03. The van der Waals surface area contributed by atoms with Gasteiger partial charge in [0.25, 0.3) is 0 Å². The molecule has 0 aromatic heterocycles. The number of esters is 1. The minimum Gasteiger partial charge on any atom is -0.490 e. The summed E-state index contributed by atoms with van der Waals surface area (Å²) in [5.74, 6) is 0.983. The van der Waals surface area contributed by atoms with Crippen LogP contribution in [-0.4, -0.2) is 30.8 Å². The number of hydrogen-bond acceptors (Lipinski definition) is 5. The minimum atomic E-state index is -0.630. The maximum absolute atomic E-state index is 12.0. The van der Waals surface area contributed by atoms with E-state index < -0.39 is 24.2 Å². The lowest BCUT2D eigenvalue weighted by molar-refractivity contribution is -0.155. The second-order valence-corrected chi connectivity index (χ2v) is 5.75. The smallest absolute Gasteiger partial charge is 0.323 e. The predicted octanol–water partition coefficient (Wildman–Crippen LogP) is 3.18. The minimum absolute atomic E-state index is 0.245. The van der Waals surface area contributed by atoms with Crippen molar-refractivity contribution in [3.8, 4) is 11.5 Å². The summed E-state index contributed by atoms with van der Waals surface area (Å²) in [4.78, 5) is 12.0. The topological polar surface area (TPSA) is 70.8 Å². The molecule has 0 aliphatic heterocycles. The summed E-state index contributed by atoms with van der Waals surface area (Å²) in [5, 5.41) is 0. The Bertz CT molecular complexity index is 633. The second-order valence-electron chi connectivity index (χ2n) is 5.75. The Morgan fingerprint density at radius 3 is 2.12 bits per heavy atom. The largest absolute Gasteiger partial charge is 0.490 e. The fourth-order valence-electron chi connectivity index (χ4n) is 2.15. The molecule has 5 nitrogen and oxygen atoms in total. The molecule has 0 heterocycles. The molecule has 0 saturated heterocycles. The number of hydrogen-bond donors (Lipinski definition) is 1.